The van der Waals surface area contributed by atoms with Gasteiger partial charge in [-0.05, 0) is 26.0 Å². The molecule has 49 heavy (non-hydrogen) atoms. The number of fused-ring (bicyclic) bond motifs is 1. The number of carbonyl (C=O) groups is 5. The van der Waals surface area contributed by atoms with Gasteiger partial charge in [-0.3, -0.25) is 19.3 Å². The summed E-state index contributed by atoms with van der Waals surface area (Å²) in [6, 6.07) is 0.966. The summed E-state index contributed by atoms with van der Waals surface area (Å²) in [6.45, 7) is 2.44. The molecule has 1 aromatic heterocycles. The predicted octanol–water partition coefficient (Wildman–Crippen LogP) is 1.08. The van der Waals surface area contributed by atoms with Crippen molar-refractivity contribution in [3.05, 3.63) is 45.1 Å². The number of β-lactam (4-membered cyclic amide) rings is 1. The number of hydrogen-bond acceptors (Lipinski definition) is 15. The van der Waals surface area contributed by atoms with E-state index in [1.54, 1.807) is 0 Å². The van der Waals surface area contributed by atoms with E-state index >= 15 is 0 Å². The zero-order valence-corrected chi connectivity index (χ0v) is 27.8. The molecule has 0 radical (unpaired) electrons. The molecule has 1 aliphatic carbocycles. The van der Waals surface area contributed by atoms with Gasteiger partial charge in [-0.25, -0.2) is 14.6 Å². The monoisotopic (exact) mass is 737 g/mol. The van der Waals surface area contributed by atoms with Gasteiger partial charge in [0.25, 0.3) is 17.7 Å². The van der Waals surface area contributed by atoms with Gasteiger partial charge in [-0.1, -0.05) is 21.9 Å². The highest BCUT2D eigenvalue weighted by Crippen LogP contribution is 2.40. The maximum atomic E-state index is 13.2. The summed E-state index contributed by atoms with van der Waals surface area (Å²) < 4.78 is 0. The van der Waals surface area contributed by atoms with E-state index in [1.165, 1.54) is 31.5 Å². The maximum Gasteiger partial charge on any atom is 0.353 e. The molecule has 5 rings (SSSR count). The summed E-state index contributed by atoms with van der Waals surface area (Å²) in [5.41, 5.74) is 3.24. The lowest BCUT2D eigenvalue weighted by atomic mass is 9.89. The fourth-order valence-electron chi connectivity index (χ4n) is 4.69. The van der Waals surface area contributed by atoms with E-state index in [2.05, 4.69) is 25.9 Å². The molecule has 3 aliphatic rings. The van der Waals surface area contributed by atoms with Crippen LogP contribution in [0, 0.1) is 0 Å². The molecule has 2 aromatic rings. The lowest BCUT2D eigenvalue weighted by Crippen LogP contribution is -2.71. The third-order valence-corrected chi connectivity index (χ3v) is 9.89. The second-order valence-electron chi connectivity index (χ2n) is 11.4. The largest absolute Gasteiger partial charge is 0.504 e. The van der Waals surface area contributed by atoms with E-state index in [4.69, 9.17) is 27.0 Å². The van der Waals surface area contributed by atoms with Crippen LogP contribution in [0.4, 0.5) is 5.13 Å². The number of carboxylic acid groups (broad SMARTS) is 2. The Hall–Kier alpha value is -5.08. The second-order valence-corrected chi connectivity index (χ2v) is 13.7. The van der Waals surface area contributed by atoms with Gasteiger partial charge in [0.2, 0.25) is 5.60 Å². The van der Waals surface area contributed by atoms with Gasteiger partial charge in [0, 0.05) is 35.6 Å². The van der Waals surface area contributed by atoms with E-state index in [-0.39, 0.29) is 44.5 Å². The Morgan fingerprint density at radius 3 is 2.53 bits per heavy atom. The number of anilines is 1. The zero-order chi connectivity index (χ0) is 35.8. The minimum absolute atomic E-state index is 0.0185. The van der Waals surface area contributed by atoms with E-state index < -0.39 is 70.0 Å². The van der Waals surface area contributed by atoms with Crippen molar-refractivity contribution in [2.45, 2.75) is 55.9 Å². The number of aromatic nitrogens is 1. The number of rotatable bonds is 12. The van der Waals surface area contributed by atoms with Crippen molar-refractivity contribution in [2.75, 3.05) is 11.5 Å². The van der Waals surface area contributed by atoms with Gasteiger partial charge in [0.15, 0.2) is 22.3 Å². The number of phenolic OH excluding ortho intramolecular Hbond substituents is 2. The van der Waals surface area contributed by atoms with Crippen LogP contribution in [0.15, 0.2) is 39.1 Å². The van der Waals surface area contributed by atoms with Gasteiger partial charge in [0.05, 0.1) is 16.8 Å². The number of aromatic hydroxyl groups is 2. The average Bonchev–Trinajstić information content (AvgIpc) is 3.45. The smallest absolute Gasteiger partial charge is 0.353 e. The number of carboxylic acids is 2. The number of thiazole rings is 1. The van der Waals surface area contributed by atoms with Crippen molar-refractivity contribution in [3.63, 3.8) is 0 Å². The Morgan fingerprint density at radius 1 is 1.18 bits per heavy atom. The van der Waals surface area contributed by atoms with Crippen LogP contribution in [0.1, 0.15) is 42.7 Å². The molecule has 8 N–H and O–H groups in total. The number of nitrogens with one attached hydrogen (secondary N) is 2. The Morgan fingerprint density at radius 2 is 1.90 bits per heavy atom. The molecule has 0 spiro atoms. The molecule has 1 saturated carbocycles. The van der Waals surface area contributed by atoms with Crippen molar-refractivity contribution in [2.24, 2.45) is 10.3 Å². The van der Waals surface area contributed by atoms with Crippen molar-refractivity contribution in [3.8, 4) is 11.5 Å². The number of nitrogens with two attached hydrogens (primary N) is 1. The van der Waals surface area contributed by atoms with E-state index in [0.717, 1.165) is 34.1 Å². The molecular weight excluding hydrogens is 710 g/mol. The highest BCUT2D eigenvalue weighted by molar-refractivity contribution is 8.00. The van der Waals surface area contributed by atoms with Crippen molar-refractivity contribution >= 4 is 81.4 Å². The highest BCUT2D eigenvalue weighted by atomic mass is 35.5. The van der Waals surface area contributed by atoms with Crippen LogP contribution in [0.2, 0.25) is 5.02 Å². The molecule has 2 unspecified atom stereocenters. The van der Waals surface area contributed by atoms with Gasteiger partial charge in [-0.15, -0.1) is 23.1 Å². The number of halogens is 1. The van der Waals surface area contributed by atoms with Crippen LogP contribution in [-0.4, -0.2) is 107 Å². The van der Waals surface area contributed by atoms with Crippen LogP contribution in [-0.2, 0) is 28.9 Å². The molecule has 2 fully saturated rings. The number of carbonyl (C=O) groups excluding carboxylic acids is 3. The molecular formula is C28H28ClN7O11S2. The lowest BCUT2D eigenvalue weighted by Gasteiger charge is -2.49. The van der Waals surface area contributed by atoms with Gasteiger partial charge >= 0.3 is 11.9 Å². The van der Waals surface area contributed by atoms with Crippen molar-refractivity contribution < 1.29 is 54.1 Å². The highest BCUT2D eigenvalue weighted by Gasteiger charge is 2.54. The summed E-state index contributed by atoms with van der Waals surface area (Å²) in [5, 5.41) is 51.8. The van der Waals surface area contributed by atoms with E-state index in [0.29, 0.717) is 12.8 Å². The number of phenols is 2. The molecule has 0 bridgehead atoms. The average molecular weight is 738 g/mol. The number of hydrogen-bond donors (Lipinski definition) is 7. The topological polar surface area (TPSA) is 276 Å². The third-order valence-electron chi connectivity index (χ3n) is 7.53. The van der Waals surface area contributed by atoms with Crippen LogP contribution in [0.3, 0.4) is 0 Å². The normalized spacial score (nSPS) is 22.1. The molecule has 18 nitrogen and oxygen atoms in total. The summed E-state index contributed by atoms with van der Waals surface area (Å²) in [5.74, 6) is -5.93. The number of amides is 3. The van der Waals surface area contributed by atoms with E-state index in [9.17, 15) is 44.4 Å². The fourth-order valence-corrected chi connectivity index (χ4v) is 6.78. The fraction of sp³-hybridized carbons (Fsp3) is 0.357. The van der Waals surface area contributed by atoms with Crippen LogP contribution in [0.5, 0.6) is 11.5 Å². The van der Waals surface area contributed by atoms with Crippen molar-refractivity contribution in [1.29, 1.82) is 0 Å². The number of benzene rings is 1. The minimum Gasteiger partial charge on any atom is -0.504 e. The van der Waals surface area contributed by atoms with Gasteiger partial charge in [-0.2, -0.15) is 0 Å². The van der Waals surface area contributed by atoms with Crippen LogP contribution in [0.25, 0.3) is 0 Å². The molecule has 260 valence electrons. The van der Waals surface area contributed by atoms with Gasteiger partial charge < -0.3 is 46.5 Å². The number of oxime groups is 2. The standard InChI is InChI=1S/C28H28ClN7O11S2/c1-28(2,26(44)45)47-35-17(14-9-49-27(30)33-14)22(40)34-18-23(41)36-19(25(42)43)10(8-48-24(18)36)7-31-46-12-5-11(6-12)32-21(39)13-3-4-15(37)20(38)16(13)29/h3-4,7,9,11-12,18,24,37-38H,5-6,8H2,1-2H3,(H2,30,33)(H,32,39)(H,34,40)(H,42,43)(H,44,45)/b31-7?,35-17-/t11-,12-,18?,24?. The molecule has 1 aromatic carbocycles. The Balaban J connectivity index is 1.19. The second kappa shape index (κ2) is 13.8. The Labute approximate surface area is 289 Å². The molecule has 2 atom stereocenters. The van der Waals surface area contributed by atoms with Gasteiger partial charge in [0.1, 0.15) is 28.9 Å². The number of thioether (sulfide) groups is 1. The first-order chi connectivity index (χ1) is 23.1. The first kappa shape index (κ1) is 35.2. The van der Waals surface area contributed by atoms with Crippen LogP contribution >= 0.6 is 34.7 Å². The third kappa shape index (κ3) is 7.20. The zero-order valence-electron chi connectivity index (χ0n) is 25.4. The molecule has 3 amide bonds. The molecule has 21 heteroatoms. The number of aliphatic carboxylic acids is 2. The molecule has 2 aliphatic heterocycles. The summed E-state index contributed by atoms with van der Waals surface area (Å²) in [6.07, 6.45) is 1.53. The summed E-state index contributed by atoms with van der Waals surface area (Å²) in [4.78, 5) is 78.1. The Bertz CT molecular complexity index is 1820. The van der Waals surface area contributed by atoms with E-state index in [1.807, 2.05) is 0 Å². The Kier molecular flexibility index (Phi) is 9.92. The first-order valence-electron chi connectivity index (χ1n) is 14.2. The lowest BCUT2D eigenvalue weighted by molar-refractivity contribution is -0.161. The SMILES string of the molecule is CC(C)(O/N=C(\C(=O)NC1C(=O)N2C(C(=O)O)=C(C=NO[C@H]3C[C@H](NC(=O)c4ccc(O)c(O)c4Cl)C3)CSC12)c1csc(N)n1)C(=O)O. The predicted molar refractivity (Wildman–Crippen MR) is 174 cm³/mol. The van der Waals surface area contributed by atoms with Crippen LogP contribution < -0.4 is 16.4 Å². The first-order valence-corrected chi connectivity index (χ1v) is 16.5. The maximum absolute atomic E-state index is 13.2. The number of nitrogen functional groups attached to an aromatic ring is 1. The quantitative estimate of drug-likeness (QED) is 0.0695. The van der Waals surface area contributed by atoms with Crippen molar-refractivity contribution in [1.82, 2.24) is 20.5 Å². The summed E-state index contributed by atoms with van der Waals surface area (Å²) >= 11 is 8.09. The molecule has 1 saturated heterocycles. The number of nitrogens with zero attached hydrogens (tertiary/aromatic N) is 4. The minimum atomic E-state index is -1.80. The summed E-state index contributed by atoms with van der Waals surface area (Å²) in [7, 11) is 0. The molecule has 3 heterocycles.